The van der Waals surface area contributed by atoms with Crippen LogP contribution in [-0.2, 0) is 0 Å². The molecular weight excluding hydrogens is 126 g/mol. The van der Waals surface area contributed by atoms with Gasteiger partial charge < -0.3 is 4.98 Å². The average Bonchev–Trinajstić information content (AvgIpc) is 1.63. The summed E-state index contributed by atoms with van der Waals surface area (Å²) in [4.78, 5) is 3.51. The van der Waals surface area contributed by atoms with Crippen molar-refractivity contribution >= 4 is 8.96 Å². The van der Waals surface area contributed by atoms with Crippen molar-refractivity contribution in [3.8, 4) is 0 Å². The highest BCUT2D eigenvalue weighted by Gasteiger charge is 2.00. The molecule has 9 heavy (non-hydrogen) atoms. The normalized spacial score (nSPS) is 13.8. The first kappa shape index (κ1) is 8.92. The number of allylic oxidation sites excluding steroid dienone is 1. The van der Waals surface area contributed by atoms with Gasteiger partial charge >= 0.3 is 0 Å². The monoisotopic (exact) mass is 143 g/mol. The Kier molecular flexibility index (Phi) is 4.72. The van der Waals surface area contributed by atoms with Crippen molar-refractivity contribution in [2.45, 2.75) is 32.5 Å². The van der Waals surface area contributed by atoms with Gasteiger partial charge in [0.05, 0.1) is 0 Å². The molecule has 0 aromatic rings. The highest BCUT2D eigenvalue weighted by atomic mass is 28.3. The summed E-state index contributed by atoms with van der Waals surface area (Å²) in [6.45, 7) is 10.4. The van der Waals surface area contributed by atoms with Crippen LogP contribution in [0.25, 0.3) is 0 Å². The first-order valence-electron chi connectivity index (χ1n) is 3.53. The van der Waals surface area contributed by atoms with E-state index in [2.05, 4.69) is 32.0 Å². The maximum Gasteiger partial charge on any atom is 0.109 e. The molecule has 0 aliphatic carbocycles. The molecule has 0 rings (SSSR count). The van der Waals surface area contributed by atoms with E-state index in [4.69, 9.17) is 0 Å². The molecule has 0 saturated heterocycles. The predicted molar refractivity (Wildman–Crippen MR) is 46.3 cm³/mol. The summed E-state index contributed by atoms with van der Waals surface area (Å²) in [5.41, 5.74) is 0. The lowest BCUT2D eigenvalue weighted by molar-refractivity contribution is 0.743. The van der Waals surface area contributed by atoms with Crippen LogP contribution >= 0.6 is 0 Å². The fourth-order valence-electron chi connectivity index (χ4n) is 0.887. The van der Waals surface area contributed by atoms with E-state index in [9.17, 15) is 0 Å². The number of hydrogen-bond acceptors (Lipinski definition) is 1. The maximum absolute atomic E-state index is 3.70. The van der Waals surface area contributed by atoms with Crippen molar-refractivity contribution in [1.29, 1.82) is 0 Å². The van der Waals surface area contributed by atoms with Gasteiger partial charge in [0, 0.05) is 0 Å². The molecule has 0 spiro atoms. The van der Waals surface area contributed by atoms with Crippen LogP contribution in [0.4, 0.5) is 0 Å². The SMILES string of the molecule is C=CC[SiH](C)NC(C)C. The lowest BCUT2D eigenvalue weighted by Crippen LogP contribution is -2.35. The molecule has 54 valence electrons. The Hall–Kier alpha value is -0.0831. The fourth-order valence-corrected chi connectivity index (χ4v) is 2.66. The highest BCUT2D eigenvalue weighted by Crippen LogP contribution is 1.89. The van der Waals surface area contributed by atoms with Crippen molar-refractivity contribution < 1.29 is 0 Å². The molecule has 0 bridgehead atoms. The minimum Gasteiger partial charge on any atom is -0.337 e. The van der Waals surface area contributed by atoms with Crippen LogP contribution in [0.2, 0.25) is 12.6 Å². The molecule has 2 heteroatoms. The van der Waals surface area contributed by atoms with E-state index in [1.807, 2.05) is 6.08 Å². The second-order valence-electron chi connectivity index (χ2n) is 2.75. The molecule has 0 aliphatic rings. The van der Waals surface area contributed by atoms with Gasteiger partial charge in [-0.25, -0.2) is 0 Å². The Morgan fingerprint density at radius 2 is 2.22 bits per heavy atom. The Labute approximate surface area is 59.8 Å². The lowest BCUT2D eigenvalue weighted by Gasteiger charge is -2.12. The van der Waals surface area contributed by atoms with Crippen LogP contribution in [-0.4, -0.2) is 15.0 Å². The third-order valence-electron chi connectivity index (χ3n) is 1.14. The van der Waals surface area contributed by atoms with E-state index < -0.39 is 8.96 Å². The molecular formula is C7H17NSi. The third-order valence-corrected chi connectivity index (χ3v) is 3.41. The quantitative estimate of drug-likeness (QED) is 0.465. The van der Waals surface area contributed by atoms with Crippen molar-refractivity contribution in [3.63, 3.8) is 0 Å². The molecule has 1 N–H and O–H groups in total. The Balaban J connectivity index is 3.25. The van der Waals surface area contributed by atoms with Crippen molar-refractivity contribution in [1.82, 2.24) is 4.98 Å². The van der Waals surface area contributed by atoms with Crippen LogP contribution in [0.5, 0.6) is 0 Å². The van der Waals surface area contributed by atoms with Gasteiger partial charge in [0.25, 0.3) is 0 Å². The minimum atomic E-state index is -0.628. The van der Waals surface area contributed by atoms with Crippen molar-refractivity contribution in [3.05, 3.63) is 12.7 Å². The van der Waals surface area contributed by atoms with Crippen LogP contribution in [0, 0.1) is 0 Å². The van der Waals surface area contributed by atoms with Crippen molar-refractivity contribution in [2.24, 2.45) is 0 Å². The predicted octanol–water partition coefficient (Wildman–Crippen LogP) is 1.52. The third kappa shape index (κ3) is 5.79. The van der Waals surface area contributed by atoms with E-state index in [1.165, 1.54) is 6.04 Å². The summed E-state index contributed by atoms with van der Waals surface area (Å²) in [6.07, 6.45) is 2.01. The van der Waals surface area contributed by atoms with Gasteiger partial charge in [-0.1, -0.05) is 26.5 Å². The zero-order valence-electron chi connectivity index (χ0n) is 6.65. The highest BCUT2D eigenvalue weighted by molar-refractivity contribution is 6.55. The molecule has 1 nitrogen and oxygen atoms in total. The van der Waals surface area contributed by atoms with E-state index in [1.54, 1.807) is 0 Å². The standard InChI is InChI=1S/C7H17NSi/c1-5-6-9(4)8-7(2)3/h5,7-9H,1,6H2,2-4H3. The molecule has 0 aromatic heterocycles. The molecule has 1 unspecified atom stereocenters. The van der Waals surface area contributed by atoms with Crippen LogP contribution in [0.1, 0.15) is 13.8 Å². The van der Waals surface area contributed by atoms with Gasteiger partial charge in [0.15, 0.2) is 0 Å². The average molecular weight is 143 g/mol. The van der Waals surface area contributed by atoms with E-state index in [0.29, 0.717) is 6.04 Å². The van der Waals surface area contributed by atoms with Gasteiger partial charge in [-0.3, -0.25) is 0 Å². The second-order valence-corrected chi connectivity index (χ2v) is 5.35. The van der Waals surface area contributed by atoms with Crippen LogP contribution in [0.3, 0.4) is 0 Å². The Morgan fingerprint density at radius 3 is 2.56 bits per heavy atom. The number of nitrogens with one attached hydrogen (secondary N) is 1. The molecule has 0 amide bonds. The smallest absolute Gasteiger partial charge is 0.109 e. The zero-order chi connectivity index (χ0) is 7.28. The summed E-state index contributed by atoms with van der Waals surface area (Å²) < 4.78 is 0. The maximum atomic E-state index is 3.70. The van der Waals surface area contributed by atoms with Gasteiger partial charge in [-0.2, -0.15) is 0 Å². The summed E-state index contributed by atoms with van der Waals surface area (Å²) >= 11 is 0. The molecule has 0 aromatic carbocycles. The first-order chi connectivity index (χ1) is 4.16. The Morgan fingerprint density at radius 1 is 1.67 bits per heavy atom. The summed E-state index contributed by atoms with van der Waals surface area (Å²) in [5, 5.41) is 0. The minimum absolute atomic E-state index is 0.628. The first-order valence-corrected chi connectivity index (χ1v) is 6.08. The van der Waals surface area contributed by atoms with E-state index in [0.717, 1.165) is 0 Å². The summed E-state index contributed by atoms with van der Waals surface area (Å²) in [7, 11) is -0.628. The number of hydrogen-bond donors (Lipinski definition) is 1. The molecule has 0 saturated carbocycles. The summed E-state index contributed by atoms with van der Waals surface area (Å²) in [5.74, 6) is 0. The largest absolute Gasteiger partial charge is 0.337 e. The molecule has 0 fully saturated rings. The lowest BCUT2D eigenvalue weighted by atomic mass is 10.4. The summed E-state index contributed by atoms with van der Waals surface area (Å²) in [6, 6.07) is 1.84. The molecule has 1 atom stereocenters. The molecule has 0 radical (unpaired) electrons. The Bertz CT molecular complexity index is 81.0. The van der Waals surface area contributed by atoms with Gasteiger partial charge in [-0.05, 0) is 12.1 Å². The van der Waals surface area contributed by atoms with Gasteiger partial charge in [-0.15, -0.1) is 6.58 Å². The van der Waals surface area contributed by atoms with Crippen molar-refractivity contribution in [2.75, 3.05) is 0 Å². The fraction of sp³-hybridized carbons (Fsp3) is 0.714. The number of rotatable bonds is 4. The van der Waals surface area contributed by atoms with Gasteiger partial charge in [0.2, 0.25) is 0 Å². The van der Waals surface area contributed by atoms with E-state index >= 15 is 0 Å². The molecule has 0 heterocycles. The zero-order valence-corrected chi connectivity index (χ0v) is 7.80. The van der Waals surface area contributed by atoms with Gasteiger partial charge in [0.1, 0.15) is 8.96 Å². The second kappa shape index (κ2) is 4.76. The van der Waals surface area contributed by atoms with Crippen LogP contribution in [0.15, 0.2) is 12.7 Å². The molecule has 0 aliphatic heterocycles. The van der Waals surface area contributed by atoms with Crippen LogP contribution < -0.4 is 4.98 Å². The van der Waals surface area contributed by atoms with E-state index in [-0.39, 0.29) is 0 Å². The topological polar surface area (TPSA) is 12.0 Å².